The molecular formula is C10H19BrO6S2. The maximum absolute atomic E-state index is 11.5. The van der Waals surface area contributed by atoms with Crippen molar-refractivity contribution in [3.63, 3.8) is 0 Å². The maximum atomic E-state index is 11.5. The van der Waals surface area contributed by atoms with Gasteiger partial charge in [0.15, 0.2) is 9.84 Å². The predicted octanol–water partition coefficient (Wildman–Crippen LogP) is 0.554. The van der Waals surface area contributed by atoms with E-state index in [0.717, 1.165) is 0 Å². The number of carbonyl (C=O) groups excluding carboxylic acids is 1. The lowest BCUT2D eigenvalue weighted by Gasteiger charge is -2.05. The van der Waals surface area contributed by atoms with Gasteiger partial charge in [-0.15, -0.1) is 0 Å². The minimum Gasteiger partial charge on any atom is -0.469 e. The van der Waals surface area contributed by atoms with Crippen molar-refractivity contribution < 1.29 is 26.4 Å². The Bertz CT molecular complexity index is 468. The van der Waals surface area contributed by atoms with Crippen LogP contribution in [-0.2, 0) is 29.2 Å². The minimum atomic E-state index is -3.40. The Morgan fingerprint density at radius 3 is 1.89 bits per heavy atom. The second-order valence-corrected chi connectivity index (χ2v) is 9.43. The second-order valence-electron chi connectivity index (χ2n) is 4.03. The van der Waals surface area contributed by atoms with Gasteiger partial charge in [-0.1, -0.05) is 15.9 Å². The van der Waals surface area contributed by atoms with Gasteiger partial charge in [-0.3, -0.25) is 4.79 Å². The van der Waals surface area contributed by atoms with Crippen molar-refractivity contribution in [2.45, 2.75) is 19.3 Å². The first-order chi connectivity index (χ1) is 8.72. The molecule has 0 saturated carbocycles. The molecule has 19 heavy (non-hydrogen) atoms. The number of alkyl halides is 1. The van der Waals surface area contributed by atoms with Crippen LogP contribution in [0.15, 0.2) is 0 Å². The lowest BCUT2D eigenvalue weighted by molar-refractivity contribution is -0.140. The highest BCUT2D eigenvalue weighted by atomic mass is 79.9. The van der Waals surface area contributed by atoms with Gasteiger partial charge in [-0.2, -0.15) is 0 Å². The third-order valence-electron chi connectivity index (χ3n) is 2.34. The van der Waals surface area contributed by atoms with Crippen molar-refractivity contribution in [1.82, 2.24) is 0 Å². The van der Waals surface area contributed by atoms with Gasteiger partial charge in [-0.05, 0) is 12.8 Å². The maximum Gasteiger partial charge on any atom is 0.306 e. The fourth-order valence-electron chi connectivity index (χ4n) is 1.32. The third kappa shape index (κ3) is 10.3. The molecule has 0 rings (SSSR count). The van der Waals surface area contributed by atoms with Crippen LogP contribution in [-0.4, -0.2) is 58.3 Å². The number of rotatable bonds is 10. The van der Waals surface area contributed by atoms with Crippen LogP contribution < -0.4 is 0 Å². The van der Waals surface area contributed by atoms with E-state index in [2.05, 4.69) is 20.7 Å². The number of carbonyl (C=O) groups is 1. The zero-order valence-corrected chi connectivity index (χ0v) is 14.0. The van der Waals surface area contributed by atoms with E-state index in [0.29, 0.717) is 11.8 Å². The Kier molecular flexibility index (Phi) is 8.84. The number of sulfone groups is 2. The highest BCUT2D eigenvalue weighted by molar-refractivity contribution is 9.09. The van der Waals surface area contributed by atoms with E-state index in [4.69, 9.17) is 0 Å². The Hall–Kier alpha value is -0.150. The van der Waals surface area contributed by atoms with E-state index in [1.54, 1.807) is 0 Å². The van der Waals surface area contributed by atoms with Gasteiger partial charge >= 0.3 is 5.97 Å². The highest BCUT2D eigenvalue weighted by Gasteiger charge is 2.16. The van der Waals surface area contributed by atoms with Crippen molar-refractivity contribution in [1.29, 1.82) is 0 Å². The molecule has 0 saturated heterocycles. The Morgan fingerprint density at radius 2 is 1.42 bits per heavy atom. The molecule has 0 spiro atoms. The molecule has 0 N–H and O–H groups in total. The monoisotopic (exact) mass is 378 g/mol. The third-order valence-corrected chi connectivity index (χ3v) is 6.46. The topological polar surface area (TPSA) is 94.6 Å². The summed E-state index contributed by atoms with van der Waals surface area (Å²) in [4.78, 5) is 10.8. The number of ether oxygens (including phenoxy) is 1. The zero-order valence-electron chi connectivity index (χ0n) is 10.8. The molecule has 0 aliphatic rings. The molecule has 0 aromatic heterocycles. The molecule has 6 nitrogen and oxygen atoms in total. The van der Waals surface area contributed by atoms with E-state index in [1.807, 2.05) is 0 Å². The first-order valence-corrected chi connectivity index (χ1v) is 10.5. The standard InChI is InChI=1S/C10H19BrO6S2/c1-17-10(12)4-9-19(15,16)8-3-7-18(13,14)6-2-5-11/h2-9H2,1H3. The first-order valence-electron chi connectivity index (χ1n) is 5.76. The smallest absolute Gasteiger partial charge is 0.306 e. The largest absolute Gasteiger partial charge is 0.469 e. The summed E-state index contributed by atoms with van der Waals surface area (Å²) in [7, 11) is -5.41. The van der Waals surface area contributed by atoms with Gasteiger partial charge in [0.2, 0.25) is 0 Å². The molecule has 0 atom stereocenters. The van der Waals surface area contributed by atoms with Crippen LogP contribution in [0.25, 0.3) is 0 Å². The average molecular weight is 379 g/mol. The van der Waals surface area contributed by atoms with E-state index < -0.39 is 25.6 Å². The van der Waals surface area contributed by atoms with Crippen LogP contribution in [0.2, 0.25) is 0 Å². The van der Waals surface area contributed by atoms with Crippen molar-refractivity contribution >= 4 is 41.6 Å². The van der Waals surface area contributed by atoms with Crippen molar-refractivity contribution in [3.8, 4) is 0 Å². The fourth-order valence-corrected chi connectivity index (χ4v) is 4.79. The molecule has 0 heterocycles. The van der Waals surface area contributed by atoms with Gasteiger partial charge in [0.05, 0.1) is 36.5 Å². The molecule has 0 amide bonds. The summed E-state index contributed by atoms with van der Waals surface area (Å²) in [5, 5.41) is 0.601. The SMILES string of the molecule is COC(=O)CCS(=O)(=O)CCCS(=O)(=O)CCCBr. The Balaban J connectivity index is 4.08. The average Bonchev–Trinajstić information content (AvgIpc) is 2.33. The predicted molar refractivity (Wildman–Crippen MR) is 77.0 cm³/mol. The van der Waals surface area contributed by atoms with Crippen molar-refractivity contribution in [2.24, 2.45) is 0 Å². The van der Waals surface area contributed by atoms with Crippen molar-refractivity contribution in [3.05, 3.63) is 0 Å². The fraction of sp³-hybridized carbons (Fsp3) is 0.900. The molecule has 0 aliphatic carbocycles. The van der Waals surface area contributed by atoms with Gasteiger partial charge in [0.1, 0.15) is 9.84 Å². The number of esters is 1. The molecule has 0 aromatic rings. The molecule has 0 radical (unpaired) electrons. The van der Waals surface area contributed by atoms with Crippen LogP contribution in [0.4, 0.5) is 0 Å². The van der Waals surface area contributed by atoms with Crippen LogP contribution in [0.1, 0.15) is 19.3 Å². The normalized spacial score (nSPS) is 12.3. The summed E-state index contributed by atoms with van der Waals surface area (Å²) in [5.41, 5.74) is 0. The minimum absolute atomic E-state index is 0.0560. The summed E-state index contributed by atoms with van der Waals surface area (Å²) in [5.74, 6) is -1.20. The molecule has 0 aliphatic heterocycles. The Labute approximate surface area is 122 Å². The molecule has 9 heteroatoms. The van der Waals surface area contributed by atoms with Gasteiger partial charge in [-0.25, -0.2) is 16.8 Å². The lowest BCUT2D eigenvalue weighted by Crippen LogP contribution is -2.19. The Morgan fingerprint density at radius 1 is 0.947 bits per heavy atom. The molecule has 0 fully saturated rings. The zero-order chi connectivity index (χ0) is 14.9. The van der Waals surface area contributed by atoms with Crippen molar-refractivity contribution in [2.75, 3.05) is 35.5 Å². The molecule has 114 valence electrons. The molecular weight excluding hydrogens is 360 g/mol. The molecule has 0 unspecified atom stereocenters. The van der Waals surface area contributed by atoms with Gasteiger partial charge < -0.3 is 4.74 Å². The van der Waals surface area contributed by atoms with Crippen LogP contribution in [0, 0.1) is 0 Å². The second kappa shape index (κ2) is 8.91. The van der Waals surface area contributed by atoms with E-state index in [9.17, 15) is 21.6 Å². The van der Waals surface area contributed by atoms with E-state index >= 15 is 0 Å². The first kappa shape index (κ1) is 18.9. The highest BCUT2D eigenvalue weighted by Crippen LogP contribution is 2.03. The number of hydrogen-bond acceptors (Lipinski definition) is 6. The number of halogens is 1. The van der Waals surface area contributed by atoms with Gasteiger partial charge in [0.25, 0.3) is 0 Å². The van der Waals surface area contributed by atoms with Crippen LogP contribution in [0.5, 0.6) is 0 Å². The van der Waals surface area contributed by atoms with Crippen LogP contribution >= 0.6 is 15.9 Å². The van der Waals surface area contributed by atoms with E-state index in [1.165, 1.54) is 7.11 Å². The van der Waals surface area contributed by atoms with Crippen LogP contribution in [0.3, 0.4) is 0 Å². The summed E-state index contributed by atoms with van der Waals surface area (Å²) in [6.45, 7) is 0. The summed E-state index contributed by atoms with van der Waals surface area (Å²) in [6, 6.07) is 0. The summed E-state index contributed by atoms with van der Waals surface area (Å²) >= 11 is 3.14. The molecule has 0 bridgehead atoms. The van der Waals surface area contributed by atoms with Gasteiger partial charge in [0, 0.05) is 5.33 Å². The number of methoxy groups -OCH3 is 1. The lowest BCUT2D eigenvalue weighted by atomic mass is 10.5. The van der Waals surface area contributed by atoms with E-state index in [-0.39, 0.29) is 35.9 Å². The quantitative estimate of drug-likeness (QED) is 0.407. The number of hydrogen-bond donors (Lipinski definition) is 0. The molecule has 0 aromatic carbocycles. The summed E-state index contributed by atoms with van der Waals surface area (Å²) < 4.78 is 50.4. The summed E-state index contributed by atoms with van der Waals surface area (Å²) in [6.07, 6.45) is 0.376.